The Hall–Kier alpha value is -3.60. The normalized spacial score (nSPS) is 17.9. The number of fused-ring (bicyclic) bond motifs is 1. The first-order chi connectivity index (χ1) is 16.3. The van der Waals surface area contributed by atoms with Gasteiger partial charge in [0.1, 0.15) is 21.3 Å². The number of halogens is 2. The van der Waals surface area contributed by atoms with Crippen LogP contribution in [0.3, 0.4) is 0 Å². The number of carbonyl (C=O) groups is 1. The van der Waals surface area contributed by atoms with Crippen LogP contribution in [0, 0.1) is 11.6 Å². The molecule has 0 radical (unpaired) electrons. The lowest BCUT2D eigenvalue weighted by atomic mass is 10.2. The molecule has 0 bridgehead atoms. The van der Waals surface area contributed by atoms with Gasteiger partial charge in [0, 0.05) is 30.6 Å². The van der Waals surface area contributed by atoms with Gasteiger partial charge >= 0.3 is 0 Å². The van der Waals surface area contributed by atoms with Crippen molar-refractivity contribution in [2.24, 2.45) is 0 Å². The van der Waals surface area contributed by atoms with Crippen molar-refractivity contribution in [2.45, 2.75) is 12.2 Å². The van der Waals surface area contributed by atoms with Crippen LogP contribution in [-0.4, -0.2) is 50.9 Å². The molecule has 0 spiro atoms. The van der Waals surface area contributed by atoms with Crippen molar-refractivity contribution in [1.29, 1.82) is 0 Å². The largest absolute Gasteiger partial charge is 0.388 e. The maximum atomic E-state index is 14.5. The molecule has 1 aliphatic rings. The Kier molecular flexibility index (Phi) is 5.64. The number of para-hydroxylation sites is 1. The molecular weight excluding hydrogens is 464 g/mol. The smallest absolute Gasteiger partial charge is 0.266 e. The average molecular weight is 483 g/mol. The standard InChI is InChI=1S/C24H19F2N3O4S/c25-13-6-8-17(16(26)10-13)27-21-15-7-9-20(32)29(14-4-2-1-3-5-14)24(15)34-22(21)23(33)28-11-18(30)19(31)12-28/h1-10,18-19,27,30-31H,11-12H2/t18-,19-/m1/s1. The minimum Gasteiger partial charge on any atom is -0.388 e. The molecule has 1 amide bonds. The number of aromatic nitrogens is 1. The van der Waals surface area contributed by atoms with E-state index in [0.717, 1.165) is 23.5 Å². The van der Waals surface area contributed by atoms with E-state index in [1.165, 1.54) is 21.6 Å². The van der Waals surface area contributed by atoms with E-state index in [1.807, 2.05) is 6.07 Å². The van der Waals surface area contributed by atoms with E-state index in [0.29, 0.717) is 15.9 Å². The molecule has 5 rings (SSSR count). The van der Waals surface area contributed by atoms with Crippen LogP contribution in [0.15, 0.2) is 65.5 Å². The highest BCUT2D eigenvalue weighted by atomic mass is 32.1. The van der Waals surface area contributed by atoms with Crippen LogP contribution in [0.1, 0.15) is 9.67 Å². The number of aliphatic hydroxyl groups is 2. The molecule has 2 aromatic carbocycles. The number of rotatable bonds is 4. The summed E-state index contributed by atoms with van der Waals surface area (Å²) in [5, 5.41) is 23.2. The average Bonchev–Trinajstić information content (AvgIpc) is 3.35. The number of β-amino-alcohol motifs (C(OH)–C–C–N with tert-alkyl or cyclic N) is 2. The second-order valence-electron chi connectivity index (χ2n) is 7.96. The van der Waals surface area contributed by atoms with Gasteiger partial charge in [0.2, 0.25) is 0 Å². The van der Waals surface area contributed by atoms with E-state index < -0.39 is 29.7 Å². The third-order valence-corrected chi connectivity index (χ3v) is 6.87. The summed E-state index contributed by atoms with van der Waals surface area (Å²) in [4.78, 5) is 28.1. The van der Waals surface area contributed by atoms with Crippen LogP contribution in [-0.2, 0) is 0 Å². The van der Waals surface area contributed by atoms with Crippen molar-refractivity contribution in [3.05, 3.63) is 87.5 Å². The fourth-order valence-corrected chi connectivity index (χ4v) is 5.22. The predicted molar refractivity (Wildman–Crippen MR) is 125 cm³/mol. The van der Waals surface area contributed by atoms with Crippen LogP contribution < -0.4 is 10.9 Å². The molecular formula is C24H19F2N3O4S. The molecule has 2 aromatic heterocycles. The molecule has 3 N–H and O–H groups in total. The minimum atomic E-state index is -1.08. The lowest BCUT2D eigenvalue weighted by Gasteiger charge is -2.16. The maximum absolute atomic E-state index is 14.5. The van der Waals surface area contributed by atoms with Gasteiger partial charge in [0.15, 0.2) is 0 Å². The molecule has 1 saturated heterocycles. The van der Waals surface area contributed by atoms with Crippen molar-refractivity contribution in [1.82, 2.24) is 9.47 Å². The zero-order chi connectivity index (χ0) is 24.0. The zero-order valence-electron chi connectivity index (χ0n) is 17.6. The van der Waals surface area contributed by atoms with E-state index in [2.05, 4.69) is 5.32 Å². The van der Waals surface area contributed by atoms with Crippen LogP contribution in [0.5, 0.6) is 0 Å². The Morgan fingerprint density at radius 3 is 2.38 bits per heavy atom. The van der Waals surface area contributed by atoms with E-state index in [4.69, 9.17) is 0 Å². The zero-order valence-corrected chi connectivity index (χ0v) is 18.4. The predicted octanol–water partition coefficient (Wildman–Crippen LogP) is 3.25. The van der Waals surface area contributed by atoms with Gasteiger partial charge in [-0.3, -0.25) is 14.2 Å². The van der Waals surface area contributed by atoms with Crippen molar-refractivity contribution >= 4 is 38.8 Å². The summed E-state index contributed by atoms with van der Waals surface area (Å²) in [7, 11) is 0. The molecule has 10 heteroatoms. The van der Waals surface area contributed by atoms with E-state index in [9.17, 15) is 28.6 Å². The van der Waals surface area contributed by atoms with Gasteiger partial charge in [0.05, 0.1) is 29.3 Å². The first-order valence-electron chi connectivity index (χ1n) is 10.4. The number of hydrogen-bond donors (Lipinski definition) is 3. The van der Waals surface area contributed by atoms with E-state index in [-0.39, 0.29) is 34.9 Å². The maximum Gasteiger partial charge on any atom is 0.266 e. The first kappa shape index (κ1) is 22.2. The van der Waals surface area contributed by atoms with E-state index in [1.54, 1.807) is 30.3 Å². The molecule has 34 heavy (non-hydrogen) atoms. The number of pyridine rings is 1. The number of anilines is 2. The number of aliphatic hydroxyl groups excluding tert-OH is 2. The molecule has 4 aromatic rings. The molecule has 3 heterocycles. The van der Waals surface area contributed by atoms with E-state index >= 15 is 0 Å². The Morgan fingerprint density at radius 1 is 1.00 bits per heavy atom. The number of amides is 1. The highest BCUT2D eigenvalue weighted by molar-refractivity contribution is 7.21. The highest BCUT2D eigenvalue weighted by Gasteiger charge is 2.35. The van der Waals surface area contributed by atoms with Crippen molar-refractivity contribution in [3.8, 4) is 5.69 Å². The summed E-state index contributed by atoms with van der Waals surface area (Å²) >= 11 is 1.03. The first-order valence-corrected chi connectivity index (χ1v) is 11.3. The van der Waals surface area contributed by atoms with Crippen LogP contribution in [0.25, 0.3) is 15.9 Å². The Morgan fingerprint density at radius 2 is 1.71 bits per heavy atom. The Bertz CT molecular complexity index is 1440. The number of nitrogens with zero attached hydrogens (tertiary/aromatic N) is 2. The third kappa shape index (κ3) is 3.85. The van der Waals surface area contributed by atoms with Gasteiger partial charge < -0.3 is 20.4 Å². The fraction of sp³-hybridized carbons (Fsp3) is 0.167. The number of nitrogens with one attached hydrogen (secondary N) is 1. The number of carbonyl (C=O) groups excluding carboxylic acids is 1. The monoisotopic (exact) mass is 483 g/mol. The van der Waals surface area contributed by atoms with Crippen molar-refractivity contribution in [2.75, 3.05) is 18.4 Å². The lowest BCUT2D eigenvalue weighted by molar-refractivity contribution is 0.0572. The summed E-state index contributed by atoms with van der Waals surface area (Å²) < 4.78 is 29.4. The number of benzene rings is 2. The fourth-order valence-electron chi connectivity index (χ4n) is 3.98. The summed E-state index contributed by atoms with van der Waals surface area (Å²) in [6, 6.07) is 14.8. The lowest BCUT2D eigenvalue weighted by Crippen LogP contribution is -2.29. The van der Waals surface area contributed by atoms with Gasteiger partial charge in [0.25, 0.3) is 11.5 Å². The van der Waals surface area contributed by atoms with Crippen molar-refractivity contribution < 1.29 is 23.8 Å². The van der Waals surface area contributed by atoms with Crippen LogP contribution in [0.2, 0.25) is 0 Å². The van der Waals surface area contributed by atoms with Gasteiger partial charge in [-0.1, -0.05) is 18.2 Å². The molecule has 0 unspecified atom stereocenters. The molecule has 0 saturated carbocycles. The quantitative estimate of drug-likeness (QED) is 0.414. The number of likely N-dealkylation sites (tertiary alicyclic amines) is 1. The molecule has 1 fully saturated rings. The third-order valence-electron chi connectivity index (χ3n) is 5.69. The van der Waals surface area contributed by atoms with Crippen molar-refractivity contribution in [3.63, 3.8) is 0 Å². The Labute approximate surface area is 196 Å². The number of thiophene rings is 1. The topological polar surface area (TPSA) is 94.8 Å². The summed E-state index contributed by atoms with van der Waals surface area (Å²) in [6.07, 6.45) is -2.15. The van der Waals surface area contributed by atoms with Gasteiger partial charge in [-0.2, -0.15) is 0 Å². The van der Waals surface area contributed by atoms with Gasteiger partial charge in [-0.25, -0.2) is 8.78 Å². The number of hydrogen-bond acceptors (Lipinski definition) is 6. The van der Waals surface area contributed by atoms with Gasteiger partial charge in [-0.05, 0) is 30.3 Å². The molecule has 7 nitrogen and oxygen atoms in total. The second-order valence-corrected chi connectivity index (χ2v) is 8.96. The highest BCUT2D eigenvalue weighted by Crippen LogP contribution is 2.39. The van der Waals surface area contributed by atoms with Gasteiger partial charge in [-0.15, -0.1) is 11.3 Å². The SMILES string of the molecule is O=C(c1sc2c(ccc(=O)n2-c2ccccc2)c1Nc1ccc(F)cc1F)N1C[C@@H](O)[C@H](O)C1. The molecule has 0 aliphatic carbocycles. The molecule has 1 aliphatic heterocycles. The summed E-state index contributed by atoms with van der Waals surface area (Å²) in [5.74, 6) is -2.08. The summed E-state index contributed by atoms with van der Waals surface area (Å²) in [5.41, 5.74) is 0.473. The second kappa shape index (κ2) is 8.64. The Balaban J connectivity index is 1.71. The minimum absolute atomic E-state index is 0.0471. The molecule has 174 valence electrons. The summed E-state index contributed by atoms with van der Waals surface area (Å²) in [6.45, 7) is -0.131. The molecule has 2 atom stereocenters. The van der Waals surface area contributed by atoms with Crippen LogP contribution >= 0.6 is 11.3 Å². The van der Waals surface area contributed by atoms with Crippen LogP contribution in [0.4, 0.5) is 20.2 Å².